The summed E-state index contributed by atoms with van der Waals surface area (Å²) in [5.41, 5.74) is 1.82. The van der Waals surface area contributed by atoms with Crippen LogP contribution in [0, 0.1) is 0 Å². The van der Waals surface area contributed by atoms with Crippen LogP contribution in [-0.4, -0.2) is 29.0 Å². The van der Waals surface area contributed by atoms with Gasteiger partial charge in [0.05, 0.1) is 0 Å². The molecule has 0 unspecified atom stereocenters. The molecule has 0 aliphatic rings. The highest BCUT2D eigenvalue weighted by Crippen LogP contribution is 2.28. The van der Waals surface area contributed by atoms with Gasteiger partial charge < -0.3 is 15.2 Å². The van der Waals surface area contributed by atoms with Crippen LogP contribution in [0.4, 0.5) is 0 Å². The molecule has 6 heteroatoms. The van der Waals surface area contributed by atoms with E-state index in [0.29, 0.717) is 5.75 Å². The number of hydrogen-bond acceptors (Lipinski definition) is 4. The van der Waals surface area contributed by atoms with E-state index in [4.69, 9.17) is 4.74 Å². The van der Waals surface area contributed by atoms with E-state index in [1.165, 1.54) is 31.2 Å². The van der Waals surface area contributed by atoms with E-state index in [2.05, 4.69) is 5.32 Å². The van der Waals surface area contributed by atoms with Gasteiger partial charge in [0.2, 0.25) is 0 Å². The molecule has 152 valence electrons. The second-order valence-corrected chi connectivity index (χ2v) is 6.71. The van der Waals surface area contributed by atoms with E-state index in [-0.39, 0.29) is 5.56 Å². The predicted octanol–water partition coefficient (Wildman–Crippen LogP) is 3.63. The fourth-order valence-corrected chi connectivity index (χ4v) is 3.25. The van der Waals surface area contributed by atoms with Crippen molar-refractivity contribution in [1.29, 1.82) is 0 Å². The number of hydrogen-bond donors (Lipinski definition) is 2. The van der Waals surface area contributed by atoms with Crippen LogP contribution < -0.4 is 10.1 Å². The van der Waals surface area contributed by atoms with Gasteiger partial charge in [-0.2, -0.15) is 0 Å². The Balaban J connectivity index is 1.90. The van der Waals surface area contributed by atoms with Gasteiger partial charge in [0.25, 0.3) is 5.91 Å². The minimum absolute atomic E-state index is 0.261. The Morgan fingerprint density at radius 2 is 1.30 bits per heavy atom. The quantitative estimate of drug-likeness (QED) is 0.464. The van der Waals surface area contributed by atoms with E-state index in [1.54, 1.807) is 0 Å². The molecule has 6 nitrogen and oxygen atoms in total. The first-order valence-corrected chi connectivity index (χ1v) is 9.37. The third-order valence-electron chi connectivity index (χ3n) is 4.58. The maximum absolute atomic E-state index is 12.8. The van der Waals surface area contributed by atoms with E-state index in [1.807, 2.05) is 60.7 Å². The molecular formula is C24H21NO5. The van der Waals surface area contributed by atoms with Crippen LogP contribution >= 0.6 is 0 Å². The summed E-state index contributed by atoms with van der Waals surface area (Å²) >= 11 is 0. The molecule has 3 rings (SSSR count). The lowest BCUT2D eigenvalue weighted by Crippen LogP contribution is -2.45. The number of benzene rings is 3. The van der Waals surface area contributed by atoms with Gasteiger partial charge in [0.15, 0.2) is 0 Å². The van der Waals surface area contributed by atoms with E-state index in [9.17, 15) is 19.5 Å². The van der Waals surface area contributed by atoms with Crippen molar-refractivity contribution < 1.29 is 24.2 Å². The molecule has 0 aliphatic carbocycles. The summed E-state index contributed by atoms with van der Waals surface area (Å²) in [6.45, 7) is 1.28. The number of aliphatic carboxylic acids is 1. The zero-order chi connectivity index (χ0) is 21.5. The van der Waals surface area contributed by atoms with Gasteiger partial charge in [-0.15, -0.1) is 0 Å². The van der Waals surface area contributed by atoms with Crippen LogP contribution in [-0.2, 0) is 9.59 Å². The summed E-state index contributed by atoms with van der Waals surface area (Å²) < 4.78 is 4.96. The first-order valence-electron chi connectivity index (χ1n) is 9.37. The molecule has 0 radical (unpaired) electrons. The first-order chi connectivity index (χ1) is 14.5. The van der Waals surface area contributed by atoms with Crippen molar-refractivity contribution in [3.8, 4) is 5.75 Å². The van der Waals surface area contributed by atoms with Crippen molar-refractivity contribution in [2.45, 2.75) is 18.9 Å². The standard InChI is InChI=1S/C24H21NO5/c1-16(26)30-20-14-12-19(13-15-20)23(27)25-22(24(28)29)21(17-8-4-2-5-9-17)18-10-6-3-7-11-18/h2-15,21-22H,1H3,(H,25,27)(H,28,29)/t22-/m1/s1. The van der Waals surface area contributed by atoms with Gasteiger partial charge in [-0.1, -0.05) is 60.7 Å². The van der Waals surface area contributed by atoms with Crippen molar-refractivity contribution in [2.24, 2.45) is 0 Å². The van der Waals surface area contributed by atoms with Crippen LogP contribution in [0.1, 0.15) is 34.3 Å². The smallest absolute Gasteiger partial charge is 0.327 e. The second kappa shape index (κ2) is 9.52. The average Bonchev–Trinajstić information content (AvgIpc) is 2.74. The molecule has 0 spiro atoms. The Bertz CT molecular complexity index is 977. The molecule has 0 heterocycles. The molecule has 1 amide bonds. The van der Waals surface area contributed by atoms with Crippen LogP contribution in [0.2, 0.25) is 0 Å². The highest BCUT2D eigenvalue weighted by molar-refractivity contribution is 5.97. The fraction of sp³-hybridized carbons (Fsp3) is 0.125. The van der Waals surface area contributed by atoms with Gasteiger partial charge in [0, 0.05) is 18.4 Å². The van der Waals surface area contributed by atoms with Crippen molar-refractivity contribution in [3.63, 3.8) is 0 Å². The lowest BCUT2D eigenvalue weighted by atomic mass is 9.85. The number of carboxylic acids is 1. The molecule has 0 aliphatic heterocycles. The Kier molecular flexibility index (Phi) is 6.60. The SMILES string of the molecule is CC(=O)Oc1ccc(C(=O)N[C@@H](C(=O)O)C(c2ccccc2)c2ccccc2)cc1. The predicted molar refractivity (Wildman–Crippen MR) is 111 cm³/mol. The van der Waals surface area contributed by atoms with Crippen LogP contribution in [0.5, 0.6) is 5.75 Å². The summed E-state index contributed by atoms with van der Waals surface area (Å²) in [5, 5.41) is 12.6. The van der Waals surface area contributed by atoms with E-state index >= 15 is 0 Å². The zero-order valence-electron chi connectivity index (χ0n) is 16.3. The molecule has 0 bridgehead atoms. The average molecular weight is 403 g/mol. The van der Waals surface area contributed by atoms with Gasteiger partial charge in [-0.3, -0.25) is 9.59 Å². The van der Waals surface area contributed by atoms with Crippen LogP contribution in [0.15, 0.2) is 84.9 Å². The first kappa shape index (κ1) is 20.8. The van der Waals surface area contributed by atoms with Gasteiger partial charge in [0.1, 0.15) is 11.8 Å². The highest BCUT2D eigenvalue weighted by atomic mass is 16.5. The number of carboxylic acid groups (broad SMARTS) is 1. The number of carbonyl (C=O) groups excluding carboxylic acids is 2. The Hall–Kier alpha value is -3.93. The number of rotatable bonds is 7. The molecule has 30 heavy (non-hydrogen) atoms. The normalized spacial score (nSPS) is 11.5. The summed E-state index contributed by atoms with van der Waals surface area (Å²) in [4.78, 5) is 36.0. The van der Waals surface area contributed by atoms with Crippen LogP contribution in [0.3, 0.4) is 0 Å². The molecule has 0 saturated heterocycles. The molecule has 2 N–H and O–H groups in total. The molecule has 3 aromatic rings. The minimum atomic E-state index is -1.18. The van der Waals surface area contributed by atoms with E-state index < -0.39 is 29.8 Å². The lowest BCUT2D eigenvalue weighted by molar-refractivity contribution is -0.139. The van der Waals surface area contributed by atoms with Crippen molar-refractivity contribution >= 4 is 17.8 Å². The molecule has 0 saturated carbocycles. The molecule has 0 aromatic heterocycles. The molecule has 0 fully saturated rings. The van der Waals surface area contributed by atoms with Crippen molar-refractivity contribution in [2.75, 3.05) is 0 Å². The zero-order valence-corrected chi connectivity index (χ0v) is 16.3. The largest absolute Gasteiger partial charge is 0.480 e. The number of amides is 1. The maximum Gasteiger partial charge on any atom is 0.327 e. The third kappa shape index (κ3) is 5.11. The maximum atomic E-state index is 12.8. The summed E-state index contributed by atoms with van der Waals surface area (Å²) in [6, 6.07) is 23.1. The second-order valence-electron chi connectivity index (χ2n) is 6.71. The number of carbonyl (C=O) groups is 3. The number of nitrogens with one attached hydrogen (secondary N) is 1. The number of ether oxygens (including phenoxy) is 1. The minimum Gasteiger partial charge on any atom is -0.480 e. The van der Waals surface area contributed by atoms with Gasteiger partial charge in [-0.25, -0.2) is 4.79 Å². The summed E-state index contributed by atoms with van der Waals surface area (Å²) in [6.07, 6.45) is 0. The van der Waals surface area contributed by atoms with Crippen molar-refractivity contribution in [3.05, 3.63) is 102 Å². The monoisotopic (exact) mass is 403 g/mol. The molecule has 1 atom stereocenters. The Morgan fingerprint density at radius 3 is 1.73 bits per heavy atom. The molecule has 3 aromatic carbocycles. The number of esters is 1. The fourth-order valence-electron chi connectivity index (χ4n) is 3.25. The van der Waals surface area contributed by atoms with Gasteiger partial charge in [-0.05, 0) is 35.4 Å². The van der Waals surface area contributed by atoms with Crippen LogP contribution in [0.25, 0.3) is 0 Å². The van der Waals surface area contributed by atoms with Crippen molar-refractivity contribution in [1.82, 2.24) is 5.32 Å². The summed E-state index contributed by atoms with van der Waals surface area (Å²) in [5.74, 6) is -2.41. The summed E-state index contributed by atoms with van der Waals surface area (Å²) in [7, 11) is 0. The molecular weight excluding hydrogens is 382 g/mol. The lowest BCUT2D eigenvalue weighted by Gasteiger charge is -2.26. The van der Waals surface area contributed by atoms with E-state index in [0.717, 1.165) is 11.1 Å². The highest BCUT2D eigenvalue weighted by Gasteiger charge is 2.32. The topological polar surface area (TPSA) is 92.7 Å². The Labute approximate surface area is 174 Å². The Morgan fingerprint density at radius 1 is 0.800 bits per heavy atom. The van der Waals surface area contributed by atoms with Gasteiger partial charge >= 0.3 is 11.9 Å². The third-order valence-corrected chi connectivity index (χ3v) is 4.58.